The van der Waals surface area contributed by atoms with Crippen LogP contribution in [0.2, 0.25) is 0 Å². The lowest BCUT2D eigenvalue weighted by atomic mass is 10.3. The number of hydrogen-bond donors (Lipinski definition) is 1. The maximum atomic E-state index is 11.7. The lowest BCUT2D eigenvalue weighted by Gasteiger charge is -2.15. The summed E-state index contributed by atoms with van der Waals surface area (Å²) in [5.41, 5.74) is 1.12. The molecule has 1 aromatic rings. The molecule has 0 unspecified atom stereocenters. The summed E-state index contributed by atoms with van der Waals surface area (Å²) in [4.78, 5) is 18.0. The molecule has 0 aliphatic carbocycles. The second-order valence-electron chi connectivity index (χ2n) is 4.37. The van der Waals surface area contributed by atoms with E-state index in [0.717, 1.165) is 49.6 Å². The first-order chi connectivity index (χ1) is 8.25. The highest BCUT2D eigenvalue weighted by Crippen LogP contribution is 2.08. The molecule has 2 heterocycles. The van der Waals surface area contributed by atoms with Crippen LogP contribution in [-0.4, -0.2) is 42.0 Å². The zero-order valence-electron chi connectivity index (χ0n) is 10.2. The van der Waals surface area contributed by atoms with Crippen molar-refractivity contribution in [3.63, 3.8) is 0 Å². The van der Waals surface area contributed by atoms with E-state index in [4.69, 9.17) is 0 Å². The standard InChI is InChI=1S/C12H19N3OS/c1-10-14-11(9-17-10)4-5-13-8-12(16)15-6-2-3-7-15/h9,13H,2-8H2,1H3. The molecule has 1 aliphatic rings. The molecule has 0 spiro atoms. The third-order valence-corrected chi connectivity index (χ3v) is 3.78. The Balaban J connectivity index is 1.61. The number of carbonyl (C=O) groups is 1. The number of carbonyl (C=O) groups excluding carboxylic acids is 1. The van der Waals surface area contributed by atoms with Crippen LogP contribution in [0.25, 0.3) is 0 Å². The summed E-state index contributed by atoms with van der Waals surface area (Å²) in [6.07, 6.45) is 3.21. The molecule has 0 radical (unpaired) electrons. The van der Waals surface area contributed by atoms with Crippen molar-refractivity contribution in [3.8, 4) is 0 Å². The molecule has 5 heteroatoms. The van der Waals surface area contributed by atoms with E-state index in [1.165, 1.54) is 0 Å². The molecule has 1 N–H and O–H groups in total. The summed E-state index contributed by atoms with van der Waals surface area (Å²) in [5.74, 6) is 0.233. The Hall–Kier alpha value is -0.940. The number of aryl methyl sites for hydroxylation is 1. The highest BCUT2D eigenvalue weighted by Gasteiger charge is 2.16. The average molecular weight is 253 g/mol. The van der Waals surface area contributed by atoms with E-state index in [9.17, 15) is 4.79 Å². The van der Waals surface area contributed by atoms with E-state index in [0.29, 0.717) is 6.54 Å². The Bertz CT molecular complexity index is 372. The van der Waals surface area contributed by atoms with E-state index < -0.39 is 0 Å². The maximum absolute atomic E-state index is 11.7. The number of thiazole rings is 1. The highest BCUT2D eigenvalue weighted by molar-refractivity contribution is 7.09. The van der Waals surface area contributed by atoms with E-state index in [-0.39, 0.29) is 5.91 Å². The summed E-state index contributed by atoms with van der Waals surface area (Å²) in [6.45, 7) is 5.17. The van der Waals surface area contributed by atoms with Gasteiger partial charge in [0.15, 0.2) is 0 Å². The van der Waals surface area contributed by atoms with Crippen molar-refractivity contribution in [2.75, 3.05) is 26.2 Å². The zero-order valence-corrected chi connectivity index (χ0v) is 11.1. The van der Waals surface area contributed by atoms with Gasteiger partial charge in [-0.05, 0) is 19.8 Å². The number of likely N-dealkylation sites (tertiary alicyclic amines) is 1. The van der Waals surface area contributed by atoms with Crippen LogP contribution in [0.3, 0.4) is 0 Å². The van der Waals surface area contributed by atoms with Gasteiger partial charge in [-0.3, -0.25) is 4.79 Å². The lowest BCUT2D eigenvalue weighted by Crippen LogP contribution is -2.36. The fourth-order valence-corrected chi connectivity index (χ4v) is 2.66. The molecule has 1 amide bonds. The van der Waals surface area contributed by atoms with E-state index >= 15 is 0 Å². The van der Waals surface area contributed by atoms with Crippen LogP contribution in [-0.2, 0) is 11.2 Å². The first kappa shape index (κ1) is 12.5. The zero-order chi connectivity index (χ0) is 12.1. The molecule has 2 rings (SSSR count). The number of nitrogens with zero attached hydrogens (tertiary/aromatic N) is 2. The van der Waals surface area contributed by atoms with Gasteiger partial charge in [0.1, 0.15) is 0 Å². The number of nitrogens with one attached hydrogen (secondary N) is 1. The molecule has 1 aliphatic heterocycles. The van der Waals surface area contributed by atoms with Crippen LogP contribution in [0.5, 0.6) is 0 Å². The SMILES string of the molecule is Cc1nc(CCNCC(=O)N2CCCC2)cs1. The van der Waals surface area contributed by atoms with E-state index in [1.54, 1.807) is 11.3 Å². The number of rotatable bonds is 5. The Morgan fingerprint density at radius 1 is 1.53 bits per heavy atom. The molecule has 1 aromatic heterocycles. The molecule has 1 fully saturated rings. The molecular weight excluding hydrogens is 234 g/mol. The summed E-state index contributed by atoms with van der Waals surface area (Å²) in [7, 11) is 0. The van der Waals surface area contributed by atoms with Gasteiger partial charge in [0, 0.05) is 31.4 Å². The average Bonchev–Trinajstić information content (AvgIpc) is 2.95. The van der Waals surface area contributed by atoms with Crippen LogP contribution in [0.4, 0.5) is 0 Å². The predicted molar refractivity (Wildman–Crippen MR) is 69.2 cm³/mol. The van der Waals surface area contributed by atoms with Gasteiger partial charge < -0.3 is 10.2 Å². The minimum absolute atomic E-state index is 0.233. The number of amides is 1. The Morgan fingerprint density at radius 2 is 2.29 bits per heavy atom. The van der Waals surface area contributed by atoms with Gasteiger partial charge in [-0.2, -0.15) is 0 Å². The van der Waals surface area contributed by atoms with Gasteiger partial charge in [-0.1, -0.05) is 0 Å². The molecule has 1 saturated heterocycles. The topological polar surface area (TPSA) is 45.2 Å². The molecule has 0 bridgehead atoms. The van der Waals surface area contributed by atoms with Gasteiger partial charge in [0.05, 0.1) is 17.2 Å². The van der Waals surface area contributed by atoms with Crippen molar-refractivity contribution in [3.05, 3.63) is 16.1 Å². The fraction of sp³-hybridized carbons (Fsp3) is 0.667. The third kappa shape index (κ3) is 3.78. The molecular formula is C12H19N3OS. The van der Waals surface area contributed by atoms with Crippen molar-refractivity contribution in [2.24, 2.45) is 0 Å². The number of aromatic nitrogens is 1. The van der Waals surface area contributed by atoms with Gasteiger partial charge in [-0.15, -0.1) is 11.3 Å². The summed E-state index contributed by atoms with van der Waals surface area (Å²) in [6, 6.07) is 0. The summed E-state index contributed by atoms with van der Waals surface area (Å²) >= 11 is 1.68. The maximum Gasteiger partial charge on any atom is 0.236 e. The van der Waals surface area contributed by atoms with Crippen LogP contribution in [0, 0.1) is 6.92 Å². The van der Waals surface area contributed by atoms with Crippen LogP contribution < -0.4 is 5.32 Å². The normalized spacial score (nSPS) is 15.5. The lowest BCUT2D eigenvalue weighted by molar-refractivity contribution is -0.129. The van der Waals surface area contributed by atoms with Gasteiger partial charge in [-0.25, -0.2) is 4.98 Å². The second-order valence-corrected chi connectivity index (χ2v) is 5.43. The quantitative estimate of drug-likeness (QED) is 0.802. The van der Waals surface area contributed by atoms with Gasteiger partial charge in [0.2, 0.25) is 5.91 Å². The van der Waals surface area contributed by atoms with Crippen LogP contribution >= 0.6 is 11.3 Å². The highest BCUT2D eigenvalue weighted by atomic mass is 32.1. The first-order valence-electron chi connectivity index (χ1n) is 6.15. The monoisotopic (exact) mass is 253 g/mol. The van der Waals surface area contributed by atoms with E-state index in [2.05, 4.69) is 15.7 Å². The molecule has 17 heavy (non-hydrogen) atoms. The largest absolute Gasteiger partial charge is 0.342 e. The van der Waals surface area contributed by atoms with Crippen molar-refractivity contribution in [2.45, 2.75) is 26.2 Å². The molecule has 0 atom stereocenters. The smallest absolute Gasteiger partial charge is 0.236 e. The fourth-order valence-electron chi connectivity index (χ4n) is 2.01. The van der Waals surface area contributed by atoms with Gasteiger partial charge in [0.25, 0.3) is 0 Å². The van der Waals surface area contributed by atoms with Crippen molar-refractivity contribution >= 4 is 17.2 Å². The summed E-state index contributed by atoms with van der Waals surface area (Å²) in [5, 5.41) is 6.38. The van der Waals surface area contributed by atoms with Crippen molar-refractivity contribution in [1.82, 2.24) is 15.2 Å². The first-order valence-corrected chi connectivity index (χ1v) is 7.03. The van der Waals surface area contributed by atoms with Crippen LogP contribution in [0.15, 0.2) is 5.38 Å². The minimum Gasteiger partial charge on any atom is -0.342 e. The van der Waals surface area contributed by atoms with Gasteiger partial charge >= 0.3 is 0 Å². The van der Waals surface area contributed by atoms with Crippen molar-refractivity contribution in [1.29, 1.82) is 0 Å². The Kier molecular flexibility index (Phi) is 4.50. The van der Waals surface area contributed by atoms with Crippen molar-refractivity contribution < 1.29 is 4.79 Å². The second kappa shape index (κ2) is 6.12. The Labute approximate surface area is 106 Å². The minimum atomic E-state index is 0.233. The van der Waals surface area contributed by atoms with Crippen LogP contribution in [0.1, 0.15) is 23.5 Å². The molecule has 0 aromatic carbocycles. The third-order valence-electron chi connectivity index (χ3n) is 2.96. The predicted octanol–water partition coefficient (Wildman–Crippen LogP) is 1.21. The summed E-state index contributed by atoms with van der Waals surface area (Å²) < 4.78 is 0. The number of hydrogen-bond acceptors (Lipinski definition) is 4. The Morgan fingerprint density at radius 3 is 2.94 bits per heavy atom. The molecule has 94 valence electrons. The molecule has 0 saturated carbocycles. The molecule has 4 nitrogen and oxygen atoms in total. The van der Waals surface area contributed by atoms with E-state index in [1.807, 2.05) is 11.8 Å².